The Morgan fingerprint density at radius 1 is 1.36 bits per heavy atom. The van der Waals surface area contributed by atoms with Crippen molar-refractivity contribution < 1.29 is 0 Å². The van der Waals surface area contributed by atoms with Gasteiger partial charge >= 0.3 is 0 Å². The lowest BCUT2D eigenvalue weighted by molar-refractivity contribution is 1.18. The largest absolute Gasteiger partial charge is 0.278 e. The van der Waals surface area contributed by atoms with Crippen molar-refractivity contribution >= 4 is 34.5 Å². The normalized spacial score (nSPS) is 16.2. The van der Waals surface area contributed by atoms with Gasteiger partial charge in [-0.15, -0.1) is 11.8 Å². The Labute approximate surface area is 92.9 Å². The van der Waals surface area contributed by atoms with Crippen LogP contribution in [0, 0.1) is 0 Å². The van der Waals surface area contributed by atoms with E-state index in [9.17, 15) is 0 Å². The summed E-state index contributed by atoms with van der Waals surface area (Å²) in [6, 6.07) is 7.80. The van der Waals surface area contributed by atoms with Gasteiger partial charge in [-0.05, 0) is 23.8 Å². The SMILES string of the molecule is Clc1cccc(C=CC2=NCCS2)c1. The minimum atomic E-state index is 0.771. The fourth-order valence-corrected chi connectivity index (χ4v) is 2.17. The molecule has 0 radical (unpaired) electrons. The van der Waals surface area contributed by atoms with Crippen LogP contribution in [0.5, 0.6) is 0 Å². The topological polar surface area (TPSA) is 12.4 Å². The maximum Gasteiger partial charge on any atom is 0.0905 e. The molecule has 72 valence electrons. The number of rotatable bonds is 2. The van der Waals surface area contributed by atoms with Crippen LogP contribution < -0.4 is 0 Å². The van der Waals surface area contributed by atoms with Gasteiger partial charge in [-0.3, -0.25) is 4.99 Å². The molecule has 1 aromatic carbocycles. The standard InChI is InChI=1S/C11H10ClNS/c12-10-3-1-2-9(8-10)4-5-11-13-6-7-14-11/h1-5,8H,6-7H2. The molecule has 0 fully saturated rings. The van der Waals surface area contributed by atoms with E-state index in [4.69, 9.17) is 11.6 Å². The maximum atomic E-state index is 5.87. The van der Waals surface area contributed by atoms with E-state index in [1.165, 1.54) is 0 Å². The molecule has 14 heavy (non-hydrogen) atoms. The molecule has 0 spiro atoms. The monoisotopic (exact) mass is 223 g/mol. The number of halogens is 1. The first-order valence-corrected chi connectivity index (χ1v) is 5.82. The summed E-state index contributed by atoms with van der Waals surface area (Å²) >= 11 is 7.67. The summed E-state index contributed by atoms with van der Waals surface area (Å²) in [5.41, 5.74) is 1.12. The molecule has 2 rings (SSSR count). The van der Waals surface area contributed by atoms with Crippen molar-refractivity contribution in [2.24, 2.45) is 4.99 Å². The van der Waals surface area contributed by atoms with E-state index in [1.54, 1.807) is 11.8 Å². The highest BCUT2D eigenvalue weighted by atomic mass is 35.5. The Bertz CT molecular complexity index is 385. The zero-order valence-corrected chi connectivity index (χ0v) is 9.18. The van der Waals surface area contributed by atoms with Gasteiger partial charge < -0.3 is 0 Å². The van der Waals surface area contributed by atoms with Crippen LogP contribution >= 0.6 is 23.4 Å². The summed E-state index contributed by atoms with van der Waals surface area (Å²) in [7, 11) is 0. The average molecular weight is 224 g/mol. The lowest BCUT2D eigenvalue weighted by Crippen LogP contribution is -1.79. The lowest BCUT2D eigenvalue weighted by atomic mass is 10.2. The molecule has 0 aromatic heterocycles. The van der Waals surface area contributed by atoms with E-state index < -0.39 is 0 Å². The first-order valence-electron chi connectivity index (χ1n) is 4.45. The zero-order chi connectivity index (χ0) is 9.80. The zero-order valence-electron chi connectivity index (χ0n) is 7.61. The van der Waals surface area contributed by atoms with Crippen LogP contribution in [0.25, 0.3) is 6.08 Å². The highest BCUT2D eigenvalue weighted by Gasteiger charge is 2.01. The molecule has 3 heteroatoms. The van der Waals surface area contributed by atoms with Crippen LogP contribution in [-0.2, 0) is 0 Å². The lowest BCUT2D eigenvalue weighted by Gasteiger charge is -1.93. The summed E-state index contributed by atoms with van der Waals surface area (Å²) in [4.78, 5) is 4.33. The van der Waals surface area contributed by atoms with Gasteiger partial charge in [-0.25, -0.2) is 0 Å². The molecule has 1 nitrogen and oxygen atoms in total. The Hall–Kier alpha value is -0.730. The Morgan fingerprint density at radius 2 is 2.29 bits per heavy atom. The molecule has 1 aliphatic rings. The molecule has 0 atom stereocenters. The Morgan fingerprint density at radius 3 is 3.00 bits per heavy atom. The number of benzene rings is 1. The molecule has 0 unspecified atom stereocenters. The first-order chi connectivity index (χ1) is 6.84. The molecule has 1 heterocycles. The maximum absolute atomic E-state index is 5.87. The molecular formula is C11H10ClNS. The van der Waals surface area contributed by atoms with Crippen LogP contribution in [0.1, 0.15) is 5.56 Å². The number of hydrogen-bond acceptors (Lipinski definition) is 2. The van der Waals surface area contributed by atoms with Gasteiger partial charge in [0.15, 0.2) is 0 Å². The highest BCUT2D eigenvalue weighted by molar-refractivity contribution is 8.14. The van der Waals surface area contributed by atoms with Crippen molar-refractivity contribution in [2.45, 2.75) is 0 Å². The van der Waals surface area contributed by atoms with Crippen molar-refractivity contribution in [3.63, 3.8) is 0 Å². The van der Waals surface area contributed by atoms with Crippen LogP contribution in [0.15, 0.2) is 35.3 Å². The number of hydrogen-bond donors (Lipinski definition) is 0. The number of nitrogens with zero attached hydrogens (tertiary/aromatic N) is 1. The minimum Gasteiger partial charge on any atom is -0.278 e. The van der Waals surface area contributed by atoms with Crippen LogP contribution in [-0.4, -0.2) is 17.3 Å². The smallest absolute Gasteiger partial charge is 0.0905 e. The second-order valence-corrected chi connectivity index (χ2v) is 4.51. The molecule has 0 N–H and O–H groups in total. The molecule has 0 aliphatic carbocycles. The second-order valence-electron chi connectivity index (χ2n) is 2.96. The summed E-state index contributed by atoms with van der Waals surface area (Å²) in [5.74, 6) is 1.11. The number of aliphatic imine (C=N–C) groups is 1. The molecule has 0 saturated heterocycles. The molecule has 1 aliphatic heterocycles. The van der Waals surface area contributed by atoms with E-state index in [0.29, 0.717) is 0 Å². The van der Waals surface area contributed by atoms with E-state index in [1.807, 2.05) is 36.4 Å². The van der Waals surface area contributed by atoms with Gasteiger partial charge in [0.05, 0.1) is 5.04 Å². The summed E-state index contributed by atoms with van der Waals surface area (Å²) < 4.78 is 0. The highest BCUT2D eigenvalue weighted by Crippen LogP contribution is 2.15. The molecule has 0 bridgehead atoms. The fraction of sp³-hybridized carbons (Fsp3) is 0.182. The second kappa shape index (κ2) is 4.67. The third kappa shape index (κ3) is 2.63. The Balaban J connectivity index is 2.09. The summed E-state index contributed by atoms with van der Waals surface area (Å²) in [6.45, 7) is 0.944. The van der Waals surface area contributed by atoms with Gasteiger partial charge in [0, 0.05) is 17.3 Å². The third-order valence-electron chi connectivity index (χ3n) is 1.88. The molecule has 1 aromatic rings. The third-order valence-corrected chi connectivity index (χ3v) is 3.06. The van der Waals surface area contributed by atoms with Crippen molar-refractivity contribution in [2.75, 3.05) is 12.3 Å². The van der Waals surface area contributed by atoms with Crippen LogP contribution in [0.4, 0.5) is 0 Å². The Kier molecular flexibility index (Phi) is 3.27. The van der Waals surface area contributed by atoms with Crippen molar-refractivity contribution in [3.8, 4) is 0 Å². The summed E-state index contributed by atoms with van der Waals surface area (Å²) in [6.07, 6.45) is 4.09. The molecule has 0 amide bonds. The average Bonchev–Trinajstić information content (AvgIpc) is 2.67. The van der Waals surface area contributed by atoms with E-state index in [0.717, 1.165) is 27.9 Å². The van der Waals surface area contributed by atoms with Gasteiger partial charge in [0.1, 0.15) is 0 Å². The van der Waals surface area contributed by atoms with E-state index in [2.05, 4.69) is 4.99 Å². The predicted octanol–water partition coefficient (Wildman–Crippen LogP) is 3.50. The van der Waals surface area contributed by atoms with Crippen molar-refractivity contribution in [3.05, 3.63) is 40.9 Å². The number of thioether (sulfide) groups is 1. The van der Waals surface area contributed by atoms with Crippen LogP contribution in [0.2, 0.25) is 5.02 Å². The van der Waals surface area contributed by atoms with Crippen molar-refractivity contribution in [1.82, 2.24) is 0 Å². The van der Waals surface area contributed by atoms with Gasteiger partial charge in [0.25, 0.3) is 0 Å². The van der Waals surface area contributed by atoms with Gasteiger partial charge in [-0.2, -0.15) is 0 Å². The van der Waals surface area contributed by atoms with Gasteiger partial charge in [0.2, 0.25) is 0 Å². The quantitative estimate of drug-likeness (QED) is 0.748. The van der Waals surface area contributed by atoms with E-state index >= 15 is 0 Å². The molecular weight excluding hydrogens is 214 g/mol. The van der Waals surface area contributed by atoms with Crippen LogP contribution in [0.3, 0.4) is 0 Å². The minimum absolute atomic E-state index is 0.771. The predicted molar refractivity (Wildman–Crippen MR) is 65.2 cm³/mol. The van der Waals surface area contributed by atoms with E-state index in [-0.39, 0.29) is 0 Å². The molecule has 0 saturated carbocycles. The van der Waals surface area contributed by atoms with Crippen molar-refractivity contribution in [1.29, 1.82) is 0 Å². The summed E-state index contributed by atoms with van der Waals surface area (Å²) in [5, 5.41) is 1.89. The first kappa shape index (κ1) is 9.81. The fourth-order valence-electron chi connectivity index (χ4n) is 1.23. The van der Waals surface area contributed by atoms with Gasteiger partial charge in [-0.1, -0.05) is 29.8 Å².